The molecule has 0 spiro atoms. The number of carbonyl (C=O) groups excluding carboxylic acids is 2. The summed E-state index contributed by atoms with van der Waals surface area (Å²) in [7, 11) is 3.18. The van der Waals surface area contributed by atoms with Crippen molar-refractivity contribution in [1.29, 1.82) is 0 Å². The average molecular weight is 370 g/mol. The third-order valence-corrected chi connectivity index (χ3v) is 4.54. The molecule has 2 aromatic carbocycles. The second-order valence-electron chi connectivity index (χ2n) is 5.42. The Balaban J connectivity index is 1.57. The molecule has 3 rings (SSSR count). The van der Waals surface area contributed by atoms with Crippen LogP contribution in [0.5, 0.6) is 5.75 Å². The summed E-state index contributed by atoms with van der Waals surface area (Å²) in [5.74, 6) is 0.644. The van der Waals surface area contributed by atoms with E-state index in [0.717, 1.165) is 16.8 Å². The molecule has 0 unspecified atom stereocenters. The van der Waals surface area contributed by atoms with E-state index in [1.54, 1.807) is 38.4 Å². The number of imidazole rings is 1. The van der Waals surface area contributed by atoms with E-state index in [4.69, 9.17) is 4.74 Å². The lowest BCUT2D eigenvalue weighted by Gasteiger charge is -2.05. The molecule has 1 aromatic heterocycles. The molecule has 0 fully saturated rings. The fourth-order valence-corrected chi connectivity index (χ4v) is 3.03. The molecule has 0 saturated carbocycles. The highest BCUT2D eigenvalue weighted by atomic mass is 32.2. The predicted molar refractivity (Wildman–Crippen MR) is 102 cm³/mol. The highest BCUT2D eigenvalue weighted by molar-refractivity contribution is 7.99. The molecular formula is C18H18N4O3S. The fraction of sp³-hybridized carbons (Fsp3) is 0.167. The van der Waals surface area contributed by atoms with E-state index in [2.05, 4.69) is 20.6 Å². The minimum atomic E-state index is -0.167. The summed E-state index contributed by atoms with van der Waals surface area (Å²) in [6.45, 7) is 0. The Morgan fingerprint density at radius 1 is 1.19 bits per heavy atom. The first-order chi connectivity index (χ1) is 12.6. The van der Waals surface area contributed by atoms with Gasteiger partial charge in [-0.2, -0.15) is 0 Å². The fourth-order valence-electron chi connectivity index (χ4n) is 2.34. The molecule has 0 aliphatic rings. The number of H-pyrrole nitrogens is 1. The first-order valence-electron chi connectivity index (χ1n) is 7.87. The van der Waals surface area contributed by atoms with Crippen molar-refractivity contribution in [1.82, 2.24) is 15.3 Å². The van der Waals surface area contributed by atoms with Gasteiger partial charge in [-0.15, -0.1) is 0 Å². The van der Waals surface area contributed by atoms with Gasteiger partial charge in [-0.05, 0) is 36.4 Å². The first-order valence-corrected chi connectivity index (χ1v) is 8.86. The van der Waals surface area contributed by atoms with Crippen LogP contribution in [0.4, 0.5) is 5.69 Å². The number of nitrogens with zero attached hydrogens (tertiary/aromatic N) is 1. The lowest BCUT2D eigenvalue weighted by atomic mass is 10.2. The van der Waals surface area contributed by atoms with Gasteiger partial charge in [0.25, 0.3) is 5.91 Å². The Morgan fingerprint density at radius 3 is 2.65 bits per heavy atom. The minimum Gasteiger partial charge on any atom is -0.497 e. The van der Waals surface area contributed by atoms with Crippen molar-refractivity contribution in [3.63, 3.8) is 0 Å². The second kappa shape index (κ2) is 7.92. The molecule has 26 heavy (non-hydrogen) atoms. The Kier molecular flexibility index (Phi) is 5.43. The number of aromatic amines is 1. The number of carbonyl (C=O) groups is 2. The monoisotopic (exact) mass is 370 g/mol. The van der Waals surface area contributed by atoms with Crippen LogP contribution in [-0.4, -0.2) is 41.7 Å². The van der Waals surface area contributed by atoms with Gasteiger partial charge in [0.15, 0.2) is 5.16 Å². The summed E-state index contributed by atoms with van der Waals surface area (Å²) in [6, 6.07) is 12.3. The Morgan fingerprint density at radius 2 is 1.96 bits per heavy atom. The molecule has 0 saturated heterocycles. The molecule has 0 atom stereocenters. The number of benzene rings is 2. The molecule has 0 aliphatic carbocycles. The Bertz CT molecular complexity index is 937. The van der Waals surface area contributed by atoms with Gasteiger partial charge in [0.05, 0.1) is 23.9 Å². The molecule has 134 valence electrons. The third kappa shape index (κ3) is 4.15. The van der Waals surface area contributed by atoms with Crippen LogP contribution in [0.1, 0.15) is 10.4 Å². The van der Waals surface area contributed by atoms with Crippen LogP contribution in [-0.2, 0) is 4.79 Å². The predicted octanol–water partition coefficient (Wildman–Crippen LogP) is 2.66. The first kappa shape index (κ1) is 17.8. The van der Waals surface area contributed by atoms with Gasteiger partial charge in [-0.25, -0.2) is 4.98 Å². The van der Waals surface area contributed by atoms with Gasteiger partial charge < -0.3 is 20.4 Å². The third-order valence-electron chi connectivity index (χ3n) is 3.67. The number of rotatable bonds is 6. The molecule has 3 N–H and O–H groups in total. The van der Waals surface area contributed by atoms with Crippen molar-refractivity contribution in [2.75, 3.05) is 25.2 Å². The van der Waals surface area contributed by atoms with Crippen LogP contribution in [0.2, 0.25) is 0 Å². The number of hydrogen-bond donors (Lipinski definition) is 3. The lowest BCUT2D eigenvalue weighted by Crippen LogP contribution is -2.18. The molecule has 0 aliphatic heterocycles. The van der Waals surface area contributed by atoms with Crippen molar-refractivity contribution < 1.29 is 14.3 Å². The van der Waals surface area contributed by atoms with Gasteiger partial charge in [0.1, 0.15) is 5.75 Å². The maximum atomic E-state index is 12.1. The van der Waals surface area contributed by atoms with E-state index < -0.39 is 0 Å². The quantitative estimate of drug-likeness (QED) is 0.580. The summed E-state index contributed by atoms with van der Waals surface area (Å²) in [4.78, 5) is 31.2. The van der Waals surface area contributed by atoms with E-state index in [9.17, 15) is 9.59 Å². The number of fused-ring (bicyclic) bond motifs is 1. The van der Waals surface area contributed by atoms with E-state index in [1.165, 1.54) is 11.8 Å². The van der Waals surface area contributed by atoms with Crippen LogP contribution in [0, 0.1) is 0 Å². The van der Waals surface area contributed by atoms with E-state index in [-0.39, 0.29) is 17.6 Å². The smallest absolute Gasteiger partial charge is 0.251 e. The topological polar surface area (TPSA) is 96.1 Å². The van der Waals surface area contributed by atoms with E-state index in [0.29, 0.717) is 16.4 Å². The molecule has 0 bridgehead atoms. The number of hydrogen-bond acceptors (Lipinski definition) is 5. The van der Waals surface area contributed by atoms with Gasteiger partial charge in [0, 0.05) is 24.4 Å². The van der Waals surface area contributed by atoms with Gasteiger partial charge in [-0.3, -0.25) is 9.59 Å². The summed E-state index contributed by atoms with van der Waals surface area (Å²) >= 11 is 1.32. The maximum absolute atomic E-state index is 12.1. The highest BCUT2D eigenvalue weighted by Gasteiger charge is 2.09. The summed E-state index contributed by atoms with van der Waals surface area (Å²) < 4.78 is 5.18. The van der Waals surface area contributed by atoms with Crippen LogP contribution >= 0.6 is 11.8 Å². The number of thioether (sulfide) groups is 1. The average Bonchev–Trinajstić information content (AvgIpc) is 3.08. The SMILES string of the molecule is CNC(=O)c1ccc(NC(=O)CSc2nc3ccc(OC)cc3[nH]2)cc1. The molecule has 2 amide bonds. The highest BCUT2D eigenvalue weighted by Crippen LogP contribution is 2.23. The van der Waals surface area contributed by atoms with Crippen LogP contribution < -0.4 is 15.4 Å². The number of anilines is 1. The standard InChI is InChI=1S/C18H18N4O3S/c1-19-17(24)11-3-5-12(6-4-11)20-16(23)10-26-18-21-14-8-7-13(25-2)9-15(14)22-18/h3-9H,10H2,1-2H3,(H,19,24)(H,20,23)(H,21,22). The zero-order valence-electron chi connectivity index (χ0n) is 14.3. The Hall–Kier alpha value is -3.00. The molecule has 3 aromatic rings. The van der Waals surface area contributed by atoms with Crippen molar-refractivity contribution in [3.05, 3.63) is 48.0 Å². The molecule has 7 nitrogen and oxygen atoms in total. The maximum Gasteiger partial charge on any atom is 0.251 e. The molecule has 1 heterocycles. The summed E-state index contributed by atoms with van der Waals surface area (Å²) in [6.07, 6.45) is 0. The summed E-state index contributed by atoms with van der Waals surface area (Å²) in [5, 5.41) is 6.01. The van der Waals surface area contributed by atoms with Crippen molar-refractivity contribution in [3.8, 4) is 5.75 Å². The molecule has 0 radical (unpaired) electrons. The molecule has 8 heteroatoms. The number of ether oxygens (including phenoxy) is 1. The largest absolute Gasteiger partial charge is 0.497 e. The summed E-state index contributed by atoms with van der Waals surface area (Å²) in [5.41, 5.74) is 2.85. The van der Waals surface area contributed by atoms with Gasteiger partial charge in [0.2, 0.25) is 5.91 Å². The van der Waals surface area contributed by atoms with E-state index in [1.807, 2.05) is 18.2 Å². The second-order valence-corrected chi connectivity index (χ2v) is 6.38. The van der Waals surface area contributed by atoms with Gasteiger partial charge in [-0.1, -0.05) is 11.8 Å². The number of aromatic nitrogens is 2. The number of nitrogens with one attached hydrogen (secondary N) is 3. The van der Waals surface area contributed by atoms with Crippen molar-refractivity contribution >= 4 is 40.3 Å². The normalized spacial score (nSPS) is 10.5. The minimum absolute atomic E-state index is 0.152. The van der Waals surface area contributed by atoms with Crippen molar-refractivity contribution in [2.45, 2.75) is 5.16 Å². The van der Waals surface area contributed by atoms with Gasteiger partial charge >= 0.3 is 0 Å². The Labute approximate surface area is 154 Å². The zero-order valence-corrected chi connectivity index (χ0v) is 15.1. The van der Waals surface area contributed by atoms with Crippen molar-refractivity contribution in [2.24, 2.45) is 0 Å². The van der Waals surface area contributed by atoms with Crippen LogP contribution in [0.15, 0.2) is 47.6 Å². The van der Waals surface area contributed by atoms with Crippen LogP contribution in [0.3, 0.4) is 0 Å². The lowest BCUT2D eigenvalue weighted by molar-refractivity contribution is -0.113. The zero-order chi connectivity index (χ0) is 18.5. The molecular weight excluding hydrogens is 352 g/mol. The van der Waals surface area contributed by atoms with E-state index >= 15 is 0 Å². The number of amides is 2. The van der Waals surface area contributed by atoms with Crippen LogP contribution in [0.25, 0.3) is 11.0 Å². The number of methoxy groups -OCH3 is 1.